The highest BCUT2D eigenvalue weighted by Crippen LogP contribution is 2.10. The highest BCUT2D eigenvalue weighted by atomic mass is 15.3. The molecule has 5 heteroatoms. The van der Waals surface area contributed by atoms with Crippen LogP contribution in [0.2, 0.25) is 0 Å². The zero-order chi connectivity index (χ0) is 16.1. The lowest BCUT2D eigenvalue weighted by molar-refractivity contribution is 0.479. The van der Waals surface area contributed by atoms with Gasteiger partial charge in [-0.3, -0.25) is 0 Å². The highest BCUT2D eigenvalue weighted by molar-refractivity contribution is 5.79. The molecule has 1 heterocycles. The molecule has 2 rings (SSSR count). The van der Waals surface area contributed by atoms with Gasteiger partial charge in [-0.05, 0) is 18.1 Å². The quantitative estimate of drug-likeness (QED) is 0.641. The van der Waals surface area contributed by atoms with Crippen molar-refractivity contribution in [1.29, 1.82) is 0 Å². The normalized spacial score (nSPS) is 10.4. The van der Waals surface area contributed by atoms with E-state index in [1.807, 2.05) is 57.3 Å². The Labute approximate surface area is 132 Å². The van der Waals surface area contributed by atoms with Gasteiger partial charge in [-0.2, -0.15) is 0 Å². The molecular formula is C17H25N5. The Bertz CT molecular complexity index is 630. The number of hydrogen-bond donors (Lipinski definition) is 0. The molecule has 2 aromatic rings. The third-order valence-corrected chi connectivity index (χ3v) is 3.47. The number of aryl methyl sites for hydroxylation is 1. The summed E-state index contributed by atoms with van der Waals surface area (Å²) >= 11 is 0. The minimum absolute atomic E-state index is 0.683. The van der Waals surface area contributed by atoms with Gasteiger partial charge >= 0.3 is 0 Å². The Kier molecular flexibility index (Phi) is 5.20. The van der Waals surface area contributed by atoms with Crippen LogP contribution in [-0.4, -0.2) is 53.5 Å². The van der Waals surface area contributed by atoms with Crippen LogP contribution in [0.3, 0.4) is 0 Å². The van der Waals surface area contributed by atoms with E-state index in [0.29, 0.717) is 6.54 Å². The molecule has 0 spiro atoms. The molecule has 0 fully saturated rings. The second-order valence-corrected chi connectivity index (χ2v) is 5.83. The topological polar surface area (TPSA) is 36.7 Å². The van der Waals surface area contributed by atoms with Crippen molar-refractivity contribution in [2.24, 2.45) is 4.99 Å². The largest absolute Gasteiger partial charge is 0.349 e. The van der Waals surface area contributed by atoms with Crippen molar-refractivity contribution in [3.05, 3.63) is 53.6 Å². The summed E-state index contributed by atoms with van der Waals surface area (Å²) in [6.45, 7) is 3.55. The molecule has 0 saturated carbocycles. The molecule has 0 aliphatic carbocycles. The predicted molar refractivity (Wildman–Crippen MR) is 91.0 cm³/mol. The van der Waals surface area contributed by atoms with E-state index in [9.17, 15) is 0 Å². The van der Waals surface area contributed by atoms with Crippen molar-refractivity contribution in [2.45, 2.75) is 20.0 Å². The maximum atomic E-state index is 4.70. The van der Waals surface area contributed by atoms with Gasteiger partial charge in [0.15, 0.2) is 5.96 Å². The first-order valence-electron chi connectivity index (χ1n) is 7.42. The van der Waals surface area contributed by atoms with Crippen LogP contribution in [0.1, 0.15) is 17.0 Å². The Hall–Kier alpha value is -2.30. The van der Waals surface area contributed by atoms with Gasteiger partial charge in [-0.1, -0.05) is 24.3 Å². The summed E-state index contributed by atoms with van der Waals surface area (Å²) in [5.74, 6) is 2.00. The molecule has 0 aliphatic heterocycles. The fourth-order valence-corrected chi connectivity index (χ4v) is 2.44. The zero-order valence-electron chi connectivity index (χ0n) is 14.1. The Morgan fingerprint density at radius 3 is 2.41 bits per heavy atom. The average Bonchev–Trinajstić information content (AvgIpc) is 2.84. The van der Waals surface area contributed by atoms with Crippen LogP contribution < -0.4 is 0 Å². The molecule has 0 N–H and O–H groups in total. The Morgan fingerprint density at radius 1 is 1.14 bits per heavy atom. The van der Waals surface area contributed by atoms with Gasteiger partial charge in [0.1, 0.15) is 5.82 Å². The molecule has 1 aromatic heterocycles. The maximum Gasteiger partial charge on any atom is 0.195 e. The van der Waals surface area contributed by atoms with Crippen LogP contribution >= 0.6 is 0 Å². The summed E-state index contributed by atoms with van der Waals surface area (Å²) in [4.78, 5) is 13.0. The third-order valence-electron chi connectivity index (χ3n) is 3.47. The van der Waals surface area contributed by atoms with Crippen molar-refractivity contribution in [1.82, 2.24) is 19.4 Å². The maximum absolute atomic E-state index is 4.70. The minimum Gasteiger partial charge on any atom is -0.349 e. The molecule has 0 unspecified atom stereocenters. The lowest BCUT2D eigenvalue weighted by Crippen LogP contribution is -2.35. The van der Waals surface area contributed by atoms with Gasteiger partial charge in [-0.15, -0.1) is 0 Å². The minimum atomic E-state index is 0.683. The molecule has 0 amide bonds. The van der Waals surface area contributed by atoms with E-state index < -0.39 is 0 Å². The number of nitrogens with zero attached hydrogens (tertiary/aromatic N) is 5. The zero-order valence-corrected chi connectivity index (χ0v) is 14.1. The van der Waals surface area contributed by atoms with Gasteiger partial charge < -0.3 is 14.4 Å². The van der Waals surface area contributed by atoms with Crippen LogP contribution in [0.4, 0.5) is 0 Å². The molecule has 1 aromatic carbocycles. The number of imidazole rings is 1. The first-order chi connectivity index (χ1) is 10.5. The van der Waals surface area contributed by atoms with Crippen LogP contribution in [0.15, 0.2) is 41.7 Å². The smallest absolute Gasteiger partial charge is 0.195 e. The molecule has 5 nitrogen and oxygen atoms in total. The molecule has 118 valence electrons. The van der Waals surface area contributed by atoms with Crippen molar-refractivity contribution < 1.29 is 0 Å². The molecule has 0 bridgehead atoms. The lowest BCUT2D eigenvalue weighted by Gasteiger charge is -2.22. The van der Waals surface area contributed by atoms with E-state index in [1.54, 1.807) is 0 Å². The second-order valence-electron chi connectivity index (χ2n) is 5.83. The number of aliphatic imine (C=N–C) groups is 1. The summed E-state index contributed by atoms with van der Waals surface area (Å²) in [6.07, 6.45) is 3.85. The number of hydrogen-bond acceptors (Lipinski definition) is 2. The third kappa shape index (κ3) is 4.10. The van der Waals surface area contributed by atoms with E-state index in [2.05, 4.69) is 33.8 Å². The SMILES string of the molecule is Cc1nccn1Cc1cccc(CN=C(N(C)C)N(C)C)c1. The molecule has 0 aliphatic rings. The lowest BCUT2D eigenvalue weighted by atomic mass is 10.1. The Balaban J connectivity index is 2.12. The summed E-state index contributed by atoms with van der Waals surface area (Å²) in [7, 11) is 8.04. The van der Waals surface area contributed by atoms with Crippen molar-refractivity contribution >= 4 is 5.96 Å². The molecular weight excluding hydrogens is 274 g/mol. The van der Waals surface area contributed by atoms with Gasteiger partial charge in [0, 0.05) is 47.1 Å². The van der Waals surface area contributed by atoms with Crippen molar-refractivity contribution in [3.63, 3.8) is 0 Å². The van der Waals surface area contributed by atoms with Crippen LogP contribution in [0.5, 0.6) is 0 Å². The summed E-state index contributed by atoms with van der Waals surface area (Å²) in [6, 6.07) is 8.57. The Morgan fingerprint density at radius 2 is 1.82 bits per heavy atom. The van der Waals surface area contributed by atoms with E-state index >= 15 is 0 Å². The molecule has 0 radical (unpaired) electrons. The van der Waals surface area contributed by atoms with Gasteiger partial charge in [0.05, 0.1) is 6.54 Å². The van der Waals surface area contributed by atoms with Crippen LogP contribution in [0.25, 0.3) is 0 Å². The van der Waals surface area contributed by atoms with Gasteiger partial charge in [-0.25, -0.2) is 9.98 Å². The van der Waals surface area contributed by atoms with E-state index in [4.69, 9.17) is 4.99 Å². The van der Waals surface area contributed by atoms with Gasteiger partial charge in [0.2, 0.25) is 0 Å². The van der Waals surface area contributed by atoms with Crippen LogP contribution in [0, 0.1) is 6.92 Å². The molecule has 0 atom stereocenters. The molecule has 0 saturated heterocycles. The second kappa shape index (κ2) is 7.11. The summed E-state index contributed by atoms with van der Waals surface area (Å²) in [5.41, 5.74) is 2.49. The fourth-order valence-electron chi connectivity index (χ4n) is 2.44. The van der Waals surface area contributed by atoms with Crippen molar-refractivity contribution in [3.8, 4) is 0 Å². The number of aromatic nitrogens is 2. The van der Waals surface area contributed by atoms with Crippen LogP contribution in [-0.2, 0) is 13.1 Å². The molecule has 22 heavy (non-hydrogen) atoms. The fraction of sp³-hybridized carbons (Fsp3) is 0.412. The highest BCUT2D eigenvalue weighted by Gasteiger charge is 2.04. The number of benzene rings is 1. The number of guanidine groups is 1. The number of rotatable bonds is 4. The van der Waals surface area contributed by atoms with Crippen molar-refractivity contribution in [2.75, 3.05) is 28.2 Å². The predicted octanol–water partition coefficient (Wildman–Crippen LogP) is 2.22. The summed E-state index contributed by atoms with van der Waals surface area (Å²) < 4.78 is 2.15. The van der Waals surface area contributed by atoms with Gasteiger partial charge in [0.25, 0.3) is 0 Å². The monoisotopic (exact) mass is 299 g/mol. The van der Waals surface area contributed by atoms with E-state index in [0.717, 1.165) is 18.3 Å². The average molecular weight is 299 g/mol. The first kappa shape index (κ1) is 16.1. The van der Waals surface area contributed by atoms with E-state index in [-0.39, 0.29) is 0 Å². The first-order valence-corrected chi connectivity index (χ1v) is 7.42. The standard InChI is InChI=1S/C17H25N5/c1-14-18-9-10-22(14)13-16-8-6-7-15(11-16)12-19-17(20(2)3)21(4)5/h6-11H,12-13H2,1-5H3. The van der Waals surface area contributed by atoms with E-state index in [1.165, 1.54) is 11.1 Å². The summed E-state index contributed by atoms with van der Waals surface area (Å²) in [5, 5.41) is 0.